The van der Waals surface area contributed by atoms with Crippen molar-refractivity contribution >= 4 is 17.7 Å². The van der Waals surface area contributed by atoms with E-state index in [9.17, 15) is 9.59 Å². The van der Waals surface area contributed by atoms with Crippen LogP contribution in [0.1, 0.15) is 15.9 Å². The van der Waals surface area contributed by atoms with Crippen LogP contribution in [0, 0.1) is 6.92 Å². The van der Waals surface area contributed by atoms with Crippen LogP contribution in [0.3, 0.4) is 0 Å². The number of amides is 2. The smallest absolute Gasteiger partial charge is 0.338 e. The summed E-state index contributed by atoms with van der Waals surface area (Å²) >= 11 is 0. The summed E-state index contributed by atoms with van der Waals surface area (Å²) in [4.78, 5) is 23.3. The second-order valence-electron chi connectivity index (χ2n) is 4.75. The number of hydrogen-bond acceptors (Lipinski definition) is 3. The van der Waals surface area contributed by atoms with E-state index in [2.05, 4.69) is 10.6 Å². The van der Waals surface area contributed by atoms with Crippen LogP contribution in [-0.2, 0) is 4.74 Å². The molecule has 5 heteroatoms. The Labute approximate surface area is 129 Å². The molecule has 0 fully saturated rings. The van der Waals surface area contributed by atoms with Crippen LogP contribution in [0.25, 0.3) is 0 Å². The standard InChI is InChI=1S/C17H18N2O3/c1-13-7-9-15(10-8-13)19-17(21)18-11-12-22-16(20)14-5-3-2-4-6-14/h2-10H,11-12H2,1H3,(H2,18,19,21). The number of urea groups is 1. The third-order valence-electron chi connectivity index (χ3n) is 2.94. The van der Waals surface area contributed by atoms with Gasteiger partial charge in [-0.3, -0.25) is 0 Å². The Morgan fingerprint density at radius 2 is 1.68 bits per heavy atom. The SMILES string of the molecule is Cc1ccc(NC(=O)NCCOC(=O)c2ccccc2)cc1. The Morgan fingerprint density at radius 1 is 1.00 bits per heavy atom. The van der Waals surface area contributed by atoms with Crippen molar-refractivity contribution in [1.29, 1.82) is 0 Å². The van der Waals surface area contributed by atoms with Crippen LogP contribution in [0.15, 0.2) is 54.6 Å². The highest BCUT2D eigenvalue weighted by Gasteiger charge is 2.06. The first-order valence-corrected chi connectivity index (χ1v) is 6.99. The molecular weight excluding hydrogens is 280 g/mol. The van der Waals surface area contributed by atoms with Crippen LogP contribution >= 0.6 is 0 Å². The van der Waals surface area contributed by atoms with E-state index >= 15 is 0 Å². The largest absolute Gasteiger partial charge is 0.460 e. The van der Waals surface area contributed by atoms with Gasteiger partial charge in [-0.15, -0.1) is 0 Å². The molecule has 5 nitrogen and oxygen atoms in total. The van der Waals surface area contributed by atoms with Gasteiger partial charge < -0.3 is 15.4 Å². The molecule has 0 aliphatic rings. The van der Waals surface area contributed by atoms with Crippen LogP contribution < -0.4 is 10.6 Å². The summed E-state index contributed by atoms with van der Waals surface area (Å²) in [6, 6.07) is 15.9. The number of benzene rings is 2. The van der Waals surface area contributed by atoms with E-state index in [1.165, 1.54) is 0 Å². The molecule has 0 saturated carbocycles. The maximum absolute atomic E-state index is 11.7. The monoisotopic (exact) mass is 298 g/mol. The van der Waals surface area contributed by atoms with Crippen molar-refractivity contribution in [3.63, 3.8) is 0 Å². The molecular formula is C17H18N2O3. The summed E-state index contributed by atoms with van der Waals surface area (Å²) in [5.41, 5.74) is 2.33. The number of carbonyl (C=O) groups is 2. The number of ether oxygens (including phenoxy) is 1. The van der Waals surface area contributed by atoms with E-state index in [4.69, 9.17) is 4.74 Å². The fourth-order valence-electron chi connectivity index (χ4n) is 1.78. The molecule has 2 aromatic rings. The van der Waals surface area contributed by atoms with Crippen molar-refractivity contribution in [2.24, 2.45) is 0 Å². The van der Waals surface area contributed by atoms with E-state index in [1.807, 2.05) is 37.3 Å². The van der Waals surface area contributed by atoms with Gasteiger partial charge in [-0.05, 0) is 31.2 Å². The summed E-state index contributed by atoms with van der Waals surface area (Å²) in [5.74, 6) is -0.402. The lowest BCUT2D eigenvalue weighted by molar-refractivity contribution is 0.0510. The Morgan fingerprint density at radius 3 is 2.36 bits per heavy atom. The van der Waals surface area contributed by atoms with Crippen molar-refractivity contribution in [2.75, 3.05) is 18.5 Å². The van der Waals surface area contributed by atoms with Gasteiger partial charge in [0.05, 0.1) is 12.1 Å². The molecule has 22 heavy (non-hydrogen) atoms. The lowest BCUT2D eigenvalue weighted by Gasteiger charge is -2.08. The molecule has 2 aromatic carbocycles. The minimum Gasteiger partial charge on any atom is -0.460 e. The second-order valence-corrected chi connectivity index (χ2v) is 4.75. The van der Waals surface area contributed by atoms with Crippen LogP contribution in [0.4, 0.5) is 10.5 Å². The minimum atomic E-state index is -0.402. The first kappa shape index (κ1) is 15.6. The first-order valence-electron chi connectivity index (χ1n) is 6.99. The Kier molecular flexibility index (Phi) is 5.54. The number of esters is 1. The number of anilines is 1. The maximum atomic E-state index is 11.7. The fourth-order valence-corrected chi connectivity index (χ4v) is 1.78. The molecule has 0 atom stereocenters. The van der Waals surface area contributed by atoms with Crippen LogP contribution in [0.2, 0.25) is 0 Å². The molecule has 0 bridgehead atoms. The van der Waals surface area contributed by atoms with Crippen molar-refractivity contribution < 1.29 is 14.3 Å². The third-order valence-corrected chi connectivity index (χ3v) is 2.94. The Bertz CT molecular complexity index is 624. The Balaban J connectivity index is 1.67. The topological polar surface area (TPSA) is 67.4 Å². The van der Waals surface area contributed by atoms with E-state index in [-0.39, 0.29) is 19.2 Å². The molecule has 0 unspecified atom stereocenters. The summed E-state index contributed by atoms with van der Waals surface area (Å²) in [6.07, 6.45) is 0. The summed E-state index contributed by atoms with van der Waals surface area (Å²) in [7, 11) is 0. The number of hydrogen-bond donors (Lipinski definition) is 2. The highest BCUT2D eigenvalue weighted by atomic mass is 16.5. The normalized spacial score (nSPS) is 9.86. The fraction of sp³-hybridized carbons (Fsp3) is 0.176. The van der Waals surface area contributed by atoms with Gasteiger partial charge in [0.2, 0.25) is 0 Å². The quantitative estimate of drug-likeness (QED) is 0.658. The minimum absolute atomic E-state index is 0.120. The predicted molar refractivity (Wildman–Crippen MR) is 84.9 cm³/mol. The zero-order valence-electron chi connectivity index (χ0n) is 12.3. The second kappa shape index (κ2) is 7.83. The molecule has 0 aliphatic heterocycles. The van der Waals surface area contributed by atoms with Gasteiger partial charge in [0, 0.05) is 5.69 Å². The molecule has 0 aliphatic carbocycles. The number of rotatable bonds is 5. The van der Waals surface area contributed by atoms with Crippen LogP contribution in [0.5, 0.6) is 0 Å². The highest BCUT2D eigenvalue weighted by molar-refractivity contribution is 5.90. The first-order chi connectivity index (χ1) is 10.6. The van der Waals surface area contributed by atoms with Crippen molar-refractivity contribution in [2.45, 2.75) is 6.92 Å². The lowest BCUT2D eigenvalue weighted by Crippen LogP contribution is -2.32. The molecule has 2 rings (SSSR count). The number of carbonyl (C=O) groups excluding carboxylic acids is 2. The molecule has 2 N–H and O–H groups in total. The van der Waals surface area contributed by atoms with Gasteiger partial charge in [0.1, 0.15) is 6.61 Å². The molecule has 0 heterocycles. The predicted octanol–water partition coefficient (Wildman–Crippen LogP) is 2.97. The lowest BCUT2D eigenvalue weighted by atomic mass is 10.2. The van der Waals surface area contributed by atoms with Gasteiger partial charge in [-0.1, -0.05) is 35.9 Å². The van der Waals surface area contributed by atoms with Gasteiger partial charge in [-0.2, -0.15) is 0 Å². The molecule has 2 amide bonds. The van der Waals surface area contributed by atoms with Gasteiger partial charge >= 0.3 is 12.0 Å². The average Bonchev–Trinajstić information content (AvgIpc) is 2.54. The maximum Gasteiger partial charge on any atom is 0.338 e. The summed E-state index contributed by atoms with van der Waals surface area (Å²) in [6.45, 7) is 2.34. The van der Waals surface area contributed by atoms with E-state index in [0.29, 0.717) is 11.3 Å². The summed E-state index contributed by atoms with van der Waals surface area (Å²) in [5, 5.41) is 5.32. The van der Waals surface area contributed by atoms with Gasteiger partial charge in [0.15, 0.2) is 0 Å². The van der Waals surface area contributed by atoms with E-state index < -0.39 is 5.97 Å². The molecule has 114 valence electrons. The van der Waals surface area contributed by atoms with Gasteiger partial charge in [-0.25, -0.2) is 9.59 Å². The average molecular weight is 298 g/mol. The zero-order valence-corrected chi connectivity index (χ0v) is 12.3. The highest BCUT2D eigenvalue weighted by Crippen LogP contribution is 2.07. The van der Waals surface area contributed by atoms with Crippen molar-refractivity contribution in [3.8, 4) is 0 Å². The molecule has 0 aromatic heterocycles. The van der Waals surface area contributed by atoms with Crippen LogP contribution in [-0.4, -0.2) is 25.2 Å². The number of aryl methyl sites for hydroxylation is 1. The summed E-state index contributed by atoms with van der Waals surface area (Å²) < 4.78 is 5.06. The molecule has 0 spiro atoms. The Hall–Kier alpha value is -2.82. The third kappa shape index (κ3) is 4.94. The molecule has 0 radical (unpaired) electrons. The molecule has 0 saturated heterocycles. The van der Waals surface area contributed by atoms with E-state index in [1.54, 1.807) is 24.3 Å². The zero-order chi connectivity index (χ0) is 15.8. The number of nitrogens with one attached hydrogen (secondary N) is 2. The van der Waals surface area contributed by atoms with Crippen molar-refractivity contribution in [1.82, 2.24) is 5.32 Å². The van der Waals surface area contributed by atoms with Crippen molar-refractivity contribution in [3.05, 3.63) is 65.7 Å². The van der Waals surface area contributed by atoms with E-state index in [0.717, 1.165) is 5.56 Å². The van der Waals surface area contributed by atoms with Gasteiger partial charge in [0.25, 0.3) is 0 Å².